The van der Waals surface area contributed by atoms with Crippen LogP contribution in [0.2, 0.25) is 0 Å². The molecule has 0 atom stereocenters. The molecule has 0 saturated carbocycles. The van der Waals surface area contributed by atoms with Crippen molar-refractivity contribution >= 4 is 34.2 Å². The number of hydrogen-bond acceptors (Lipinski definition) is 3. The molecule has 1 heterocycles. The van der Waals surface area contributed by atoms with E-state index in [1.165, 1.54) is 0 Å². The van der Waals surface area contributed by atoms with Crippen molar-refractivity contribution in [3.63, 3.8) is 0 Å². The zero-order valence-electron chi connectivity index (χ0n) is 13.6. The van der Waals surface area contributed by atoms with Crippen LogP contribution in [0.5, 0.6) is 0 Å². The van der Waals surface area contributed by atoms with Crippen molar-refractivity contribution in [3.05, 3.63) is 34.3 Å². The van der Waals surface area contributed by atoms with Crippen molar-refractivity contribution in [2.45, 2.75) is 31.6 Å². The molecule has 0 aliphatic carbocycles. The lowest BCUT2D eigenvalue weighted by Crippen LogP contribution is -2.49. The molecule has 1 amide bonds. The average molecular weight is 406 g/mol. The minimum Gasteiger partial charge on any atom is -0.381 e. The van der Waals surface area contributed by atoms with Crippen LogP contribution < -0.4 is 10.6 Å². The number of ether oxygens (including phenoxy) is 1. The number of amides is 1. The molecule has 130 valence electrons. The molecule has 1 aromatic carbocycles. The third kappa shape index (κ3) is 5.45. The van der Waals surface area contributed by atoms with Gasteiger partial charge in [0.15, 0.2) is 0 Å². The van der Waals surface area contributed by atoms with Gasteiger partial charge in [-0.3, -0.25) is 4.79 Å². The summed E-state index contributed by atoms with van der Waals surface area (Å²) in [6.07, 6.45) is 2.58. The molecular weight excluding hydrogens is 380 g/mol. The average Bonchev–Trinajstić information content (AvgIpc) is 2.55. The molecule has 2 N–H and O–H groups in total. The van der Waals surface area contributed by atoms with Gasteiger partial charge in [-0.05, 0) is 43.5 Å². The van der Waals surface area contributed by atoms with E-state index in [2.05, 4.69) is 33.5 Å². The van der Waals surface area contributed by atoms with Crippen molar-refractivity contribution in [1.29, 1.82) is 0 Å². The van der Waals surface area contributed by atoms with Gasteiger partial charge >= 0.3 is 0 Å². The quantitative estimate of drug-likeness (QED) is 0.686. The molecule has 0 unspecified atom stereocenters. The van der Waals surface area contributed by atoms with E-state index in [-0.39, 0.29) is 18.3 Å². The molecule has 6 heteroatoms. The van der Waals surface area contributed by atoms with Crippen LogP contribution in [0.3, 0.4) is 0 Å². The Morgan fingerprint density at radius 2 is 1.83 bits per heavy atom. The summed E-state index contributed by atoms with van der Waals surface area (Å²) in [5.41, 5.74) is 0.627. The molecule has 0 radical (unpaired) electrons. The van der Waals surface area contributed by atoms with Crippen LogP contribution in [0.15, 0.2) is 28.7 Å². The Labute approximate surface area is 153 Å². The van der Waals surface area contributed by atoms with E-state index in [1.807, 2.05) is 24.3 Å². The van der Waals surface area contributed by atoms with Gasteiger partial charge in [-0.2, -0.15) is 0 Å². The Kier molecular flexibility index (Phi) is 9.14. The van der Waals surface area contributed by atoms with E-state index in [1.54, 1.807) is 0 Å². The number of carbonyl (C=O) groups is 1. The van der Waals surface area contributed by atoms with Crippen molar-refractivity contribution < 1.29 is 9.53 Å². The fraction of sp³-hybridized carbons (Fsp3) is 0.588. The van der Waals surface area contributed by atoms with Crippen molar-refractivity contribution in [3.8, 4) is 0 Å². The Bertz CT molecular complexity index is 476. The summed E-state index contributed by atoms with van der Waals surface area (Å²) >= 11 is 3.46. The lowest BCUT2D eigenvalue weighted by molar-refractivity contribution is -0.130. The van der Waals surface area contributed by atoms with E-state index in [0.29, 0.717) is 19.8 Å². The lowest BCUT2D eigenvalue weighted by atomic mass is 9.73. The summed E-state index contributed by atoms with van der Waals surface area (Å²) in [4.78, 5) is 12.8. The second kappa shape index (κ2) is 10.3. The molecule has 0 spiro atoms. The monoisotopic (exact) mass is 404 g/mol. The number of hydrogen-bond donors (Lipinski definition) is 2. The van der Waals surface area contributed by atoms with Gasteiger partial charge in [-0.25, -0.2) is 0 Å². The Morgan fingerprint density at radius 1 is 1.17 bits per heavy atom. The van der Waals surface area contributed by atoms with Gasteiger partial charge in [0.25, 0.3) is 0 Å². The Morgan fingerprint density at radius 3 is 2.43 bits per heavy atom. The fourth-order valence-electron chi connectivity index (χ4n) is 2.87. The normalized spacial score (nSPS) is 16.4. The topological polar surface area (TPSA) is 50.4 Å². The second-order valence-electron chi connectivity index (χ2n) is 5.71. The molecule has 0 aromatic heterocycles. The zero-order valence-corrected chi connectivity index (χ0v) is 16.0. The smallest absolute Gasteiger partial charge is 0.230 e. The minimum absolute atomic E-state index is 0. The van der Waals surface area contributed by atoms with Crippen molar-refractivity contribution in [1.82, 2.24) is 10.6 Å². The van der Waals surface area contributed by atoms with Gasteiger partial charge in [-0.15, -0.1) is 12.4 Å². The summed E-state index contributed by atoms with van der Waals surface area (Å²) in [5, 5.41) is 6.40. The predicted octanol–water partition coefficient (Wildman–Crippen LogP) is 3.03. The van der Waals surface area contributed by atoms with E-state index in [9.17, 15) is 4.79 Å². The number of nitrogens with one attached hydrogen (secondary N) is 2. The largest absolute Gasteiger partial charge is 0.381 e. The maximum atomic E-state index is 12.8. The van der Waals surface area contributed by atoms with Crippen LogP contribution in [-0.2, 0) is 14.9 Å². The fourth-order valence-corrected chi connectivity index (χ4v) is 3.14. The molecule has 1 aliphatic rings. The Hall–Kier alpha value is -0.620. The van der Waals surface area contributed by atoms with Gasteiger partial charge in [-0.1, -0.05) is 35.0 Å². The van der Waals surface area contributed by atoms with Gasteiger partial charge in [0.1, 0.15) is 0 Å². The Balaban J connectivity index is 0.00000264. The van der Waals surface area contributed by atoms with Gasteiger partial charge < -0.3 is 15.4 Å². The number of halogens is 2. The first-order valence-corrected chi connectivity index (χ1v) is 8.81. The summed E-state index contributed by atoms with van der Waals surface area (Å²) in [6.45, 7) is 5.87. The first-order valence-electron chi connectivity index (χ1n) is 8.02. The maximum absolute atomic E-state index is 12.8. The molecule has 1 saturated heterocycles. The summed E-state index contributed by atoms with van der Waals surface area (Å²) in [5.74, 6) is 0.122. The van der Waals surface area contributed by atoms with E-state index in [4.69, 9.17) is 4.74 Å². The van der Waals surface area contributed by atoms with Crippen LogP contribution in [-0.4, -0.2) is 38.8 Å². The highest BCUT2D eigenvalue weighted by Crippen LogP contribution is 2.35. The van der Waals surface area contributed by atoms with Crippen LogP contribution in [0.1, 0.15) is 31.7 Å². The van der Waals surface area contributed by atoms with Crippen molar-refractivity contribution in [2.75, 3.05) is 32.8 Å². The van der Waals surface area contributed by atoms with E-state index >= 15 is 0 Å². The van der Waals surface area contributed by atoms with Gasteiger partial charge in [0.05, 0.1) is 5.41 Å². The molecule has 1 aromatic rings. The minimum atomic E-state index is -0.455. The van der Waals surface area contributed by atoms with Crippen LogP contribution in [0.25, 0.3) is 0 Å². The van der Waals surface area contributed by atoms with E-state index in [0.717, 1.165) is 42.4 Å². The summed E-state index contributed by atoms with van der Waals surface area (Å²) < 4.78 is 6.51. The third-order valence-corrected chi connectivity index (χ3v) is 4.72. The molecule has 1 aliphatic heterocycles. The first kappa shape index (κ1) is 20.4. The summed E-state index contributed by atoms with van der Waals surface area (Å²) in [7, 11) is 0. The van der Waals surface area contributed by atoms with E-state index < -0.39 is 5.41 Å². The zero-order chi connectivity index (χ0) is 15.8. The highest BCUT2D eigenvalue weighted by atomic mass is 79.9. The molecule has 2 rings (SSSR count). The third-order valence-electron chi connectivity index (χ3n) is 4.19. The molecular formula is C17H26BrClN2O2. The molecule has 23 heavy (non-hydrogen) atoms. The predicted molar refractivity (Wildman–Crippen MR) is 99.3 cm³/mol. The highest BCUT2D eigenvalue weighted by molar-refractivity contribution is 9.10. The van der Waals surface area contributed by atoms with Crippen LogP contribution in [0, 0.1) is 0 Å². The summed E-state index contributed by atoms with van der Waals surface area (Å²) in [6, 6.07) is 8.10. The lowest BCUT2D eigenvalue weighted by Gasteiger charge is -2.36. The van der Waals surface area contributed by atoms with Gasteiger partial charge in [0.2, 0.25) is 5.91 Å². The molecule has 1 fully saturated rings. The highest BCUT2D eigenvalue weighted by Gasteiger charge is 2.41. The van der Waals surface area contributed by atoms with Gasteiger partial charge in [0, 0.05) is 30.8 Å². The van der Waals surface area contributed by atoms with Crippen LogP contribution in [0.4, 0.5) is 0 Å². The molecule has 4 nitrogen and oxygen atoms in total. The number of benzene rings is 1. The molecule has 0 bridgehead atoms. The van der Waals surface area contributed by atoms with Crippen molar-refractivity contribution in [2.24, 2.45) is 0 Å². The SMILES string of the molecule is CCCNCCNC(=O)C1(c2ccc(Br)cc2)CCOCC1.Cl. The van der Waals surface area contributed by atoms with Crippen LogP contribution >= 0.6 is 28.3 Å². The second-order valence-corrected chi connectivity index (χ2v) is 6.62. The number of carbonyl (C=O) groups excluding carboxylic acids is 1. The number of rotatable bonds is 7. The maximum Gasteiger partial charge on any atom is 0.230 e. The standard InChI is InChI=1S/C17H25BrN2O2.ClH/c1-2-9-19-10-11-20-16(21)17(7-12-22-13-8-17)14-3-5-15(18)6-4-14;/h3-6,19H,2,7-13H2,1H3,(H,20,21);1H. The first-order chi connectivity index (χ1) is 10.7.